The van der Waals surface area contributed by atoms with Gasteiger partial charge in [-0.1, -0.05) is 84.4 Å². The lowest BCUT2D eigenvalue weighted by Gasteiger charge is -2.36. The van der Waals surface area contributed by atoms with Crippen LogP contribution in [0, 0.1) is 20.8 Å². The molecule has 5 rings (SSSR count). The van der Waals surface area contributed by atoms with Gasteiger partial charge in [0.25, 0.3) is 0 Å². The fourth-order valence-corrected chi connectivity index (χ4v) is 5.17. The molecule has 1 fully saturated rings. The van der Waals surface area contributed by atoms with Crippen molar-refractivity contribution in [1.82, 2.24) is 14.9 Å². The maximum absolute atomic E-state index is 13.0. The number of benzene rings is 3. The molecule has 1 aliphatic heterocycles. The quantitative estimate of drug-likeness (QED) is 0.313. The summed E-state index contributed by atoms with van der Waals surface area (Å²) < 4.78 is 0. The summed E-state index contributed by atoms with van der Waals surface area (Å²) in [5.74, 6) is 1.98. The number of rotatable bonds is 7. The van der Waals surface area contributed by atoms with Crippen molar-refractivity contribution in [2.24, 2.45) is 0 Å². The molecule has 0 bridgehead atoms. The molecular formula is C33H36N4O. The highest BCUT2D eigenvalue weighted by Crippen LogP contribution is 2.29. The zero-order valence-electron chi connectivity index (χ0n) is 22.7. The van der Waals surface area contributed by atoms with E-state index in [0.717, 1.165) is 48.8 Å². The maximum Gasteiger partial charge on any atom is 0.223 e. The number of nitrogens with zero attached hydrogens (tertiary/aromatic N) is 4. The van der Waals surface area contributed by atoms with E-state index in [1.807, 2.05) is 41.3 Å². The van der Waals surface area contributed by atoms with Gasteiger partial charge in [0.05, 0.1) is 0 Å². The zero-order chi connectivity index (χ0) is 26.5. The van der Waals surface area contributed by atoms with Crippen LogP contribution >= 0.6 is 0 Å². The van der Waals surface area contributed by atoms with Gasteiger partial charge in [-0.2, -0.15) is 0 Å². The third kappa shape index (κ3) is 5.94. The SMILES string of the molecule is Cc1ccc(C)c(Cc2c(C)nc(-c3ccccc3)nc2N2CCN(C(=O)CCc3ccccc3)CC2)c1. The first kappa shape index (κ1) is 25.7. The Kier molecular flexibility index (Phi) is 7.83. The Bertz CT molecular complexity index is 1390. The number of aromatic nitrogens is 2. The molecule has 5 nitrogen and oxygen atoms in total. The second kappa shape index (κ2) is 11.6. The summed E-state index contributed by atoms with van der Waals surface area (Å²) in [4.78, 5) is 27.4. The molecule has 0 aliphatic carbocycles. The first-order valence-electron chi connectivity index (χ1n) is 13.5. The third-order valence-corrected chi connectivity index (χ3v) is 7.50. The zero-order valence-corrected chi connectivity index (χ0v) is 22.7. The average molecular weight is 505 g/mol. The monoisotopic (exact) mass is 504 g/mol. The Morgan fingerprint density at radius 2 is 1.50 bits per heavy atom. The van der Waals surface area contributed by atoms with Crippen molar-refractivity contribution in [3.63, 3.8) is 0 Å². The number of carbonyl (C=O) groups excluding carboxylic acids is 1. The van der Waals surface area contributed by atoms with Gasteiger partial charge in [0.2, 0.25) is 5.91 Å². The lowest BCUT2D eigenvalue weighted by molar-refractivity contribution is -0.131. The molecule has 1 aliphatic rings. The van der Waals surface area contributed by atoms with Gasteiger partial charge in [0.15, 0.2) is 5.82 Å². The number of carbonyl (C=O) groups is 1. The molecule has 2 heterocycles. The van der Waals surface area contributed by atoms with Gasteiger partial charge in [-0.15, -0.1) is 0 Å². The van der Waals surface area contributed by atoms with E-state index in [9.17, 15) is 4.79 Å². The number of hydrogen-bond acceptors (Lipinski definition) is 4. The van der Waals surface area contributed by atoms with Gasteiger partial charge in [-0.05, 0) is 43.9 Å². The lowest BCUT2D eigenvalue weighted by atomic mass is 9.97. The molecule has 194 valence electrons. The standard InChI is InChI=1S/C33H36N4O/c1-24-14-15-25(2)29(22-24)23-30-26(3)34-32(28-12-8-5-9-13-28)35-33(30)37-20-18-36(19-21-37)31(38)17-16-27-10-6-4-7-11-27/h4-15,22H,16-21,23H2,1-3H3. The minimum Gasteiger partial charge on any atom is -0.353 e. The average Bonchev–Trinajstić information content (AvgIpc) is 2.95. The lowest BCUT2D eigenvalue weighted by Crippen LogP contribution is -2.49. The van der Waals surface area contributed by atoms with E-state index in [0.29, 0.717) is 19.5 Å². The van der Waals surface area contributed by atoms with Crippen LogP contribution in [0.25, 0.3) is 11.4 Å². The summed E-state index contributed by atoms with van der Waals surface area (Å²) >= 11 is 0. The highest BCUT2D eigenvalue weighted by Gasteiger charge is 2.25. The Hall–Kier alpha value is -3.99. The van der Waals surface area contributed by atoms with Gasteiger partial charge in [0, 0.05) is 55.8 Å². The molecule has 0 N–H and O–H groups in total. The summed E-state index contributed by atoms with van der Waals surface area (Å²) in [7, 11) is 0. The van der Waals surface area contributed by atoms with Crippen LogP contribution in [0.15, 0.2) is 78.9 Å². The van der Waals surface area contributed by atoms with Crippen LogP contribution in [0.2, 0.25) is 0 Å². The fraction of sp³-hybridized carbons (Fsp3) is 0.303. The molecule has 1 saturated heterocycles. The summed E-state index contributed by atoms with van der Waals surface area (Å²) in [6, 6.07) is 27.1. The van der Waals surface area contributed by atoms with Crippen LogP contribution in [0.5, 0.6) is 0 Å². The molecule has 3 aromatic carbocycles. The van der Waals surface area contributed by atoms with E-state index in [-0.39, 0.29) is 5.91 Å². The van der Waals surface area contributed by atoms with E-state index in [2.05, 4.69) is 68.1 Å². The van der Waals surface area contributed by atoms with Crippen LogP contribution in [-0.4, -0.2) is 47.0 Å². The Morgan fingerprint density at radius 1 is 0.816 bits per heavy atom. The van der Waals surface area contributed by atoms with E-state index in [1.54, 1.807) is 0 Å². The topological polar surface area (TPSA) is 49.3 Å². The van der Waals surface area contributed by atoms with Crippen molar-refractivity contribution >= 4 is 11.7 Å². The molecule has 5 heteroatoms. The first-order valence-corrected chi connectivity index (χ1v) is 13.5. The molecule has 0 atom stereocenters. The van der Waals surface area contributed by atoms with Crippen LogP contribution < -0.4 is 4.90 Å². The van der Waals surface area contributed by atoms with Crippen LogP contribution in [0.3, 0.4) is 0 Å². The van der Waals surface area contributed by atoms with Crippen molar-refractivity contribution in [3.05, 3.63) is 112 Å². The van der Waals surface area contributed by atoms with Crippen LogP contribution in [0.4, 0.5) is 5.82 Å². The predicted molar refractivity (Wildman–Crippen MR) is 154 cm³/mol. The van der Waals surface area contributed by atoms with Crippen LogP contribution in [0.1, 0.15) is 39.9 Å². The van der Waals surface area contributed by atoms with E-state index in [4.69, 9.17) is 9.97 Å². The van der Waals surface area contributed by atoms with Gasteiger partial charge in [-0.25, -0.2) is 9.97 Å². The van der Waals surface area contributed by atoms with Gasteiger partial charge in [-0.3, -0.25) is 4.79 Å². The molecule has 0 unspecified atom stereocenters. The number of hydrogen-bond donors (Lipinski definition) is 0. The van der Waals surface area contributed by atoms with Crippen molar-refractivity contribution in [2.75, 3.05) is 31.1 Å². The predicted octanol–water partition coefficient (Wildman–Crippen LogP) is 5.94. The molecule has 0 spiro atoms. The minimum absolute atomic E-state index is 0.230. The van der Waals surface area contributed by atoms with Crippen LogP contribution in [-0.2, 0) is 17.6 Å². The Labute approximate surface area is 226 Å². The van der Waals surface area contributed by atoms with E-state index in [1.165, 1.54) is 27.8 Å². The first-order chi connectivity index (χ1) is 18.5. The second-order valence-corrected chi connectivity index (χ2v) is 10.3. The van der Waals surface area contributed by atoms with Gasteiger partial charge < -0.3 is 9.80 Å². The van der Waals surface area contributed by atoms with Gasteiger partial charge >= 0.3 is 0 Å². The summed E-state index contributed by atoms with van der Waals surface area (Å²) in [6.07, 6.45) is 2.12. The molecule has 38 heavy (non-hydrogen) atoms. The molecular weight excluding hydrogens is 468 g/mol. The Balaban J connectivity index is 1.38. The van der Waals surface area contributed by atoms with Gasteiger partial charge in [0.1, 0.15) is 5.82 Å². The maximum atomic E-state index is 13.0. The summed E-state index contributed by atoms with van der Waals surface area (Å²) in [6.45, 7) is 9.35. The third-order valence-electron chi connectivity index (χ3n) is 7.50. The van der Waals surface area contributed by atoms with Crippen molar-refractivity contribution in [1.29, 1.82) is 0 Å². The second-order valence-electron chi connectivity index (χ2n) is 10.3. The highest BCUT2D eigenvalue weighted by atomic mass is 16.2. The summed E-state index contributed by atoms with van der Waals surface area (Å²) in [5.41, 5.74) is 8.25. The Morgan fingerprint density at radius 3 is 2.21 bits per heavy atom. The van der Waals surface area contributed by atoms with Crippen molar-refractivity contribution in [3.8, 4) is 11.4 Å². The normalized spacial score (nSPS) is 13.6. The number of amides is 1. The number of aryl methyl sites for hydroxylation is 4. The largest absolute Gasteiger partial charge is 0.353 e. The molecule has 1 amide bonds. The molecule has 4 aromatic rings. The summed E-state index contributed by atoms with van der Waals surface area (Å²) in [5, 5.41) is 0. The number of piperazine rings is 1. The van der Waals surface area contributed by atoms with E-state index < -0.39 is 0 Å². The molecule has 1 aromatic heterocycles. The fourth-order valence-electron chi connectivity index (χ4n) is 5.17. The molecule has 0 radical (unpaired) electrons. The molecule has 0 saturated carbocycles. The van der Waals surface area contributed by atoms with E-state index >= 15 is 0 Å². The number of anilines is 1. The minimum atomic E-state index is 0.230. The highest BCUT2D eigenvalue weighted by molar-refractivity contribution is 5.77. The van der Waals surface area contributed by atoms with Crippen molar-refractivity contribution in [2.45, 2.75) is 40.0 Å². The smallest absolute Gasteiger partial charge is 0.223 e. The van der Waals surface area contributed by atoms with Crippen molar-refractivity contribution < 1.29 is 4.79 Å².